The second kappa shape index (κ2) is 10.3. The van der Waals surface area contributed by atoms with Gasteiger partial charge in [0.05, 0.1) is 7.11 Å². The molecule has 0 saturated carbocycles. The summed E-state index contributed by atoms with van der Waals surface area (Å²) in [6.07, 6.45) is 1.30. The Bertz CT molecular complexity index is 1080. The number of amides is 2. The first-order valence-electron chi connectivity index (χ1n) is 10.2. The van der Waals surface area contributed by atoms with Crippen LogP contribution >= 0.6 is 11.6 Å². The second-order valence-corrected chi connectivity index (χ2v) is 9.74. The Morgan fingerprint density at radius 3 is 2.38 bits per heavy atom. The molecule has 1 aliphatic heterocycles. The highest BCUT2D eigenvalue weighted by atomic mass is 35.5. The van der Waals surface area contributed by atoms with E-state index in [-0.39, 0.29) is 40.6 Å². The van der Waals surface area contributed by atoms with Crippen LogP contribution in [-0.2, 0) is 21.4 Å². The Kier molecular flexibility index (Phi) is 7.76. The minimum atomic E-state index is -3.95. The van der Waals surface area contributed by atoms with E-state index in [9.17, 15) is 18.0 Å². The van der Waals surface area contributed by atoms with Crippen molar-refractivity contribution in [3.8, 4) is 5.75 Å². The highest BCUT2D eigenvalue weighted by Crippen LogP contribution is 2.25. The summed E-state index contributed by atoms with van der Waals surface area (Å²) in [7, 11) is -2.58. The molecule has 10 heteroatoms. The number of methoxy groups -OCH3 is 1. The predicted octanol–water partition coefficient (Wildman–Crippen LogP) is 2.57. The molecule has 2 aromatic carbocycles. The fourth-order valence-corrected chi connectivity index (χ4v) is 4.83. The van der Waals surface area contributed by atoms with Crippen LogP contribution in [0.15, 0.2) is 47.4 Å². The number of hydrogen-bond donors (Lipinski definition) is 2. The molecule has 2 N–H and O–H groups in total. The van der Waals surface area contributed by atoms with Gasteiger partial charge in [-0.15, -0.1) is 0 Å². The molecule has 0 aromatic heterocycles. The van der Waals surface area contributed by atoms with Crippen molar-refractivity contribution in [2.24, 2.45) is 0 Å². The summed E-state index contributed by atoms with van der Waals surface area (Å²) in [6, 6.07) is 11.0. The van der Waals surface area contributed by atoms with E-state index in [4.69, 9.17) is 16.3 Å². The van der Waals surface area contributed by atoms with E-state index in [1.807, 2.05) is 0 Å². The maximum Gasteiger partial charge on any atom is 0.251 e. The van der Waals surface area contributed by atoms with Crippen molar-refractivity contribution in [2.75, 3.05) is 20.2 Å². The van der Waals surface area contributed by atoms with E-state index < -0.39 is 10.0 Å². The summed E-state index contributed by atoms with van der Waals surface area (Å²) in [6.45, 7) is 2.75. The number of halogens is 1. The number of carbonyl (C=O) groups is 2. The molecule has 1 heterocycles. The zero-order valence-corrected chi connectivity index (χ0v) is 19.5. The van der Waals surface area contributed by atoms with Gasteiger partial charge in [-0.05, 0) is 48.7 Å². The number of benzene rings is 2. The van der Waals surface area contributed by atoms with Crippen LogP contribution in [0.25, 0.3) is 0 Å². The molecule has 1 fully saturated rings. The van der Waals surface area contributed by atoms with Crippen LogP contribution in [0.2, 0.25) is 5.02 Å². The Balaban J connectivity index is 1.72. The van der Waals surface area contributed by atoms with Crippen molar-refractivity contribution in [1.82, 2.24) is 14.9 Å². The fourth-order valence-electron chi connectivity index (χ4n) is 3.49. The van der Waals surface area contributed by atoms with Crippen molar-refractivity contribution in [2.45, 2.75) is 37.2 Å². The van der Waals surface area contributed by atoms with Gasteiger partial charge in [-0.2, -0.15) is 0 Å². The van der Waals surface area contributed by atoms with Crippen LogP contribution in [0.5, 0.6) is 5.75 Å². The lowest BCUT2D eigenvalue weighted by atomic mass is 10.0. The SMILES string of the molecule is COc1ccc(C(=O)NC2CCN(C(C)=O)CC2)cc1S(=O)(=O)NCc1ccc(Cl)cc1. The van der Waals surface area contributed by atoms with E-state index in [1.54, 1.807) is 29.2 Å². The number of rotatable bonds is 7. The Morgan fingerprint density at radius 2 is 1.78 bits per heavy atom. The van der Waals surface area contributed by atoms with Gasteiger partial charge >= 0.3 is 0 Å². The highest BCUT2D eigenvalue weighted by Gasteiger charge is 2.25. The predicted molar refractivity (Wildman–Crippen MR) is 121 cm³/mol. The molecule has 0 aliphatic carbocycles. The van der Waals surface area contributed by atoms with Gasteiger partial charge in [0, 0.05) is 43.2 Å². The number of nitrogens with zero attached hydrogens (tertiary/aromatic N) is 1. The maximum absolute atomic E-state index is 12.9. The first-order chi connectivity index (χ1) is 15.2. The number of nitrogens with one attached hydrogen (secondary N) is 2. The summed E-state index contributed by atoms with van der Waals surface area (Å²) in [5.41, 5.74) is 0.953. The molecule has 1 saturated heterocycles. The molecule has 2 aromatic rings. The molecular formula is C22H26ClN3O5S. The Labute approximate surface area is 192 Å². The van der Waals surface area contributed by atoms with E-state index in [0.29, 0.717) is 31.0 Å². The smallest absolute Gasteiger partial charge is 0.251 e. The molecule has 172 valence electrons. The summed E-state index contributed by atoms with van der Waals surface area (Å²) in [4.78, 5) is 25.8. The minimum absolute atomic E-state index is 0.0193. The largest absolute Gasteiger partial charge is 0.495 e. The summed E-state index contributed by atoms with van der Waals surface area (Å²) >= 11 is 5.86. The lowest BCUT2D eigenvalue weighted by molar-refractivity contribution is -0.129. The molecule has 3 rings (SSSR count). The van der Waals surface area contributed by atoms with E-state index in [1.165, 1.54) is 32.2 Å². The monoisotopic (exact) mass is 479 g/mol. The normalized spacial score (nSPS) is 14.8. The average Bonchev–Trinajstić information content (AvgIpc) is 2.78. The summed E-state index contributed by atoms with van der Waals surface area (Å²) < 4.78 is 33.6. The van der Waals surface area contributed by atoms with Gasteiger partial charge in [-0.1, -0.05) is 23.7 Å². The van der Waals surface area contributed by atoms with Gasteiger partial charge in [0.1, 0.15) is 10.6 Å². The number of likely N-dealkylation sites (tertiary alicyclic amines) is 1. The average molecular weight is 480 g/mol. The zero-order chi connectivity index (χ0) is 23.3. The number of hydrogen-bond acceptors (Lipinski definition) is 5. The van der Waals surface area contributed by atoms with Gasteiger partial charge in [0.2, 0.25) is 15.9 Å². The third-order valence-electron chi connectivity index (χ3n) is 5.37. The molecule has 0 radical (unpaired) electrons. The topological polar surface area (TPSA) is 105 Å². The lowest BCUT2D eigenvalue weighted by Gasteiger charge is -2.31. The second-order valence-electron chi connectivity index (χ2n) is 7.57. The summed E-state index contributed by atoms with van der Waals surface area (Å²) in [5.74, 6) is -0.214. The van der Waals surface area contributed by atoms with Gasteiger partial charge in [-0.25, -0.2) is 13.1 Å². The van der Waals surface area contributed by atoms with Crippen LogP contribution in [0.1, 0.15) is 35.7 Å². The molecule has 1 aliphatic rings. The summed E-state index contributed by atoms with van der Waals surface area (Å²) in [5, 5.41) is 3.49. The third-order valence-corrected chi connectivity index (χ3v) is 7.04. The van der Waals surface area contributed by atoms with E-state index >= 15 is 0 Å². The molecule has 0 unspecified atom stereocenters. The molecule has 0 spiro atoms. The van der Waals surface area contributed by atoms with Crippen molar-refractivity contribution in [3.63, 3.8) is 0 Å². The number of carbonyl (C=O) groups excluding carboxylic acids is 2. The van der Waals surface area contributed by atoms with Crippen LogP contribution in [0, 0.1) is 0 Å². The molecule has 32 heavy (non-hydrogen) atoms. The molecule has 2 amide bonds. The van der Waals surface area contributed by atoms with Gasteiger partial charge in [0.15, 0.2) is 0 Å². The third kappa shape index (κ3) is 5.99. The first-order valence-corrected chi connectivity index (χ1v) is 12.0. The number of ether oxygens (including phenoxy) is 1. The fraction of sp³-hybridized carbons (Fsp3) is 0.364. The lowest BCUT2D eigenvalue weighted by Crippen LogP contribution is -2.46. The first kappa shape index (κ1) is 24.0. The van der Waals surface area contributed by atoms with Gasteiger partial charge in [0.25, 0.3) is 5.91 Å². The van der Waals surface area contributed by atoms with Gasteiger partial charge < -0.3 is 15.0 Å². The maximum atomic E-state index is 12.9. The van der Waals surface area contributed by atoms with E-state index in [2.05, 4.69) is 10.0 Å². The Hall–Kier alpha value is -2.62. The van der Waals surface area contributed by atoms with Crippen LogP contribution in [-0.4, -0.2) is 51.4 Å². The van der Waals surface area contributed by atoms with E-state index in [0.717, 1.165) is 5.56 Å². The highest BCUT2D eigenvalue weighted by molar-refractivity contribution is 7.89. The molecular weight excluding hydrogens is 454 g/mol. The molecule has 8 nitrogen and oxygen atoms in total. The van der Waals surface area contributed by atoms with Crippen LogP contribution < -0.4 is 14.8 Å². The number of sulfonamides is 1. The standard InChI is InChI=1S/C22H26ClN3O5S/c1-15(27)26-11-9-19(10-12-26)25-22(28)17-5-8-20(31-2)21(13-17)32(29,30)24-14-16-3-6-18(23)7-4-16/h3-8,13,19,24H,9-12,14H2,1-2H3,(H,25,28). The minimum Gasteiger partial charge on any atom is -0.495 e. The Morgan fingerprint density at radius 1 is 1.12 bits per heavy atom. The van der Waals surface area contributed by atoms with Crippen LogP contribution in [0.3, 0.4) is 0 Å². The molecule has 0 bridgehead atoms. The van der Waals surface area contributed by atoms with Crippen molar-refractivity contribution in [3.05, 3.63) is 58.6 Å². The quantitative estimate of drug-likeness (QED) is 0.635. The van der Waals surface area contributed by atoms with Crippen molar-refractivity contribution < 1.29 is 22.7 Å². The molecule has 0 atom stereocenters. The number of piperidine rings is 1. The van der Waals surface area contributed by atoms with Gasteiger partial charge in [-0.3, -0.25) is 9.59 Å². The van der Waals surface area contributed by atoms with Crippen molar-refractivity contribution in [1.29, 1.82) is 0 Å². The zero-order valence-electron chi connectivity index (χ0n) is 17.9. The van der Waals surface area contributed by atoms with Crippen molar-refractivity contribution >= 4 is 33.4 Å². The van der Waals surface area contributed by atoms with Crippen LogP contribution in [0.4, 0.5) is 0 Å².